The van der Waals surface area contributed by atoms with Crippen LogP contribution in [-0.4, -0.2) is 13.0 Å². The van der Waals surface area contributed by atoms with Crippen LogP contribution in [0, 0.1) is 5.82 Å². The van der Waals surface area contributed by atoms with E-state index >= 15 is 0 Å². The van der Waals surface area contributed by atoms with Gasteiger partial charge in [-0.25, -0.2) is 4.39 Å². The molecule has 0 aliphatic heterocycles. The third-order valence-electron chi connectivity index (χ3n) is 1.55. The van der Waals surface area contributed by atoms with Gasteiger partial charge in [-0.2, -0.15) is 0 Å². The number of hydrogen-bond acceptors (Lipinski definition) is 2. The lowest BCUT2D eigenvalue weighted by Gasteiger charge is -2.08. The molecule has 0 aliphatic carbocycles. The van der Waals surface area contributed by atoms with Gasteiger partial charge < -0.3 is 10.1 Å². The number of ether oxygens (including phenoxy) is 1. The molecule has 0 aliphatic rings. The number of hydrogen-bond donors (Lipinski definition) is 1. The Morgan fingerprint density at radius 3 is 2.71 bits per heavy atom. The maximum atomic E-state index is 13.2. The number of carbonyl (C=O) groups excluding carboxylic acids is 1. The highest BCUT2D eigenvalue weighted by atomic mass is 79.9. The second kappa shape index (κ2) is 4.41. The Balaban J connectivity index is 3.08. The molecule has 0 unspecified atom stereocenters. The van der Waals surface area contributed by atoms with E-state index in [1.54, 1.807) is 0 Å². The zero-order chi connectivity index (χ0) is 10.7. The number of carbonyl (C=O) groups is 1. The van der Waals surface area contributed by atoms with Crippen LogP contribution in [0.25, 0.3) is 0 Å². The number of halogens is 2. The molecule has 0 saturated carbocycles. The zero-order valence-electron chi connectivity index (χ0n) is 7.73. The van der Waals surface area contributed by atoms with Crippen LogP contribution in [0.15, 0.2) is 16.6 Å². The summed E-state index contributed by atoms with van der Waals surface area (Å²) in [5, 5.41) is 2.48. The molecule has 1 amide bonds. The molecule has 0 aromatic heterocycles. The van der Waals surface area contributed by atoms with Gasteiger partial charge in [-0.1, -0.05) is 0 Å². The normalized spacial score (nSPS) is 9.71. The standard InChI is InChI=1S/C9H9BrFNO2/c1-5(13)12-8-4-7(11)9(14-2)3-6(8)10/h3-4H,1-2H3,(H,12,13). The summed E-state index contributed by atoms with van der Waals surface area (Å²) in [7, 11) is 1.38. The molecular formula is C9H9BrFNO2. The number of rotatable bonds is 2. The molecule has 0 radical (unpaired) electrons. The summed E-state index contributed by atoms with van der Waals surface area (Å²) in [6.07, 6.45) is 0. The van der Waals surface area contributed by atoms with Gasteiger partial charge in [0.2, 0.25) is 5.91 Å². The number of benzene rings is 1. The van der Waals surface area contributed by atoms with E-state index in [1.165, 1.54) is 26.2 Å². The Hall–Kier alpha value is -1.10. The van der Waals surface area contributed by atoms with Crippen molar-refractivity contribution < 1.29 is 13.9 Å². The molecule has 1 rings (SSSR count). The highest BCUT2D eigenvalue weighted by Gasteiger charge is 2.09. The van der Waals surface area contributed by atoms with Crippen LogP contribution in [-0.2, 0) is 4.79 Å². The smallest absolute Gasteiger partial charge is 0.221 e. The van der Waals surface area contributed by atoms with Crippen LogP contribution in [0.4, 0.5) is 10.1 Å². The maximum absolute atomic E-state index is 13.2. The fourth-order valence-electron chi connectivity index (χ4n) is 0.970. The number of nitrogens with one attached hydrogen (secondary N) is 1. The van der Waals surface area contributed by atoms with Crippen molar-refractivity contribution in [3.05, 3.63) is 22.4 Å². The van der Waals surface area contributed by atoms with Crippen LogP contribution in [0.5, 0.6) is 5.75 Å². The lowest BCUT2D eigenvalue weighted by molar-refractivity contribution is -0.114. The van der Waals surface area contributed by atoms with Crippen molar-refractivity contribution in [2.45, 2.75) is 6.92 Å². The Morgan fingerprint density at radius 2 is 2.21 bits per heavy atom. The minimum atomic E-state index is -0.514. The van der Waals surface area contributed by atoms with Crippen molar-refractivity contribution in [3.8, 4) is 5.75 Å². The SMILES string of the molecule is COc1cc(Br)c(NC(C)=O)cc1F. The van der Waals surface area contributed by atoms with Crippen LogP contribution >= 0.6 is 15.9 Å². The predicted molar refractivity (Wildman–Crippen MR) is 55.0 cm³/mol. The summed E-state index contributed by atoms with van der Waals surface area (Å²) < 4.78 is 18.5. The largest absolute Gasteiger partial charge is 0.494 e. The quantitative estimate of drug-likeness (QED) is 0.889. The molecule has 76 valence electrons. The zero-order valence-corrected chi connectivity index (χ0v) is 9.31. The molecule has 1 aromatic carbocycles. The van der Waals surface area contributed by atoms with Crippen LogP contribution in [0.2, 0.25) is 0 Å². The second-order valence-corrected chi connectivity index (χ2v) is 3.50. The van der Waals surface area contributed by atoms with Crippen molar-refractivity contribution in [3.63, 3.8) is 0 Å². The van der Waals surface area contributed by atoms with Gasteiger partial charge in [0.25, 0.3) is 0 Å². The summed E-state index contributed by atoms with van der Waals surface area (Å²) in [6.45, 7) is 1.36. The summed E-state index contributed by atoms with van der Waals surface area (Å²) in [6, 6.07) is 2.66. The maximum Gasteiger partial charge on any atom is 0.221 e. The average molecular weight is 262 g/mol. The summed E-state index contributed by atoms with van der Waals surface area (Å²) in [5.74, 6) is -0.638. The first-order valence-corrected chi connectivity index (χ1v) is 4.64. The van der Waals surface area contributed by atoms with Gasteiger partial charge in [0.05, 0.1) is 12.8 Å². The van der Waals surface area contributed by atoms with E-state index in [1.807, 2.05) is 0 Å². The number of amides is 1. The Morgan fingerprint density at radius 1 is 1.57 bits per heavy atom. The molecule has 1 aromatic rings. The van der Waals surface area contributed by atoms with Crippen molar-refractivity contribution in [1.82, 2.24) is 0 Å². The first-order valence-electron chi connectivity index (χ1n) is 3.85. The number of anilines is 1. The molecule has 0 saturated heterocycles. The first kappa shape index (κ1) is 11.0. The molecule has 0 spiro atoms. The predicted octanol–water partition coefficient (Wildman–Crippen LogP) is 2.56. The molecule has 14 heavy (non-hydrogen) atoms. The third kappa shape index (κ3) is 2.45. The highest BCUT2D eigenvalue weighted by Crippen LogP contribution is 2.29. The van der Waals surface area contributed by atoms with Crippen molar-refractivity contribution in [2.24, 2.45) is 0 Å². The molecule has 1 N–H and O–H groups in total. The van der Waals surface area contributed by atoms with E-state index < -0.39 is 5.82 Å². The molecule has 0 heterocycles. The van der Waals surface area contributed by atoms with E-state index in [2.05, 4.69) is 21.2 Å². The van der Waals surface area contributed by atoms with Gasteiger partial charge in [-0.3, -0.25) is 4.79 Å². The van der Waals surface area contributed by atoms with Gasteiger partial charge in [-0.05, 0) is 22.0 Å². The Kier molecular flexibility index (Phi) is 3.46. The molecule has 5 heteroatoms. The molecule has 0 atom stereocenters. The first-order chi connectivity index (χ1) is 6.54. The van der Waals surface area contributed by atoms with E-state index in [-0.39, 0.29) is 11.7 Å². The van der Waals surface area contributed by atoms with Crippen LogP contribution in [0.3, 0.4) is 0 Å². The lowest BCUT2D eigenvalue weighted by Crippen LogP contribution is -2.06. The highest BCUT2D eigenvalue weighted by molar-refractivity contribution is 9.10. The molecular weight excluding hydrogens is 253 g/mol. The van der Waals surface area contributed by atoms with Crippen LogP contribution < -0.4 is 10.1 Å². The summed E-state index contributed by atoms with van der Waals surface area (Å²) in [4.78, 5) is 10.7. The van der Waals surface area contributed by atoms with E-state index in [0.717, 1.165) is 0 Å². The average Bonchev–Trinajstić information content (AvgIpc) is 2.10. The van der Waals surface area contributed by atoms with Gasteiger partial charge in [0, 0.05) is 17.5 Å². The van der Waals surface area contributed by atoms with Crippen molar-refractivity contribution >= 4 is 27.5 Å². The Bertz CT molecular complexity index is 368. The summed E-state index contributed by atoms with van der Waals surface area (Å²) in [5.41, 5.74) is 0.385. The summed E-state index contributed by atoms with van der Waals surface area (Å²) >= 11 is 3.19. The molecule has 3 nitrogen and oxygen atoms in total. The number of methoxy groups -OCH3 is 1. The van der Waals surface area contributed by atoms with Gasteiger partial charge in [0.1, 0.15) is 0 Å². The van der Waals surface area contributed by atoms with Crippen molar-refractivity contribution in [2.75, 3.05) is 12.4 Å². The fraction of sp³-hybridized carbons (Fsp3) is 0.222. The van der Waals surface area contributed by atoms with Gasteiger partial charge >= 0.3 is 0 Å². The van der Waals surface area contributed by atoms with Crippen LogP contribution in [0.1, 0.15) is 6.92 Å². The molecule has 0 fully saturated rings. The fourth-order valence-corrected chi connectivity index (χ4v) is 1.39. The third-order valence-corrected chi connectivity index (χ3v) is 2.21. The lowest BCUT2D eigenvalue weighted by atomic mass is 10.3. The Labute approximate surface area is 89.4 Å². The van der Waals surface area contributed by atoms with Gasteiger partial charge in [-0.15, -0.1) is 0 Å². The topological polar surface area (TPSA) is 38.3 Å². The van der Waals surface area contributed by atoms with E-state index in [0.29, 0.717) is 10.2 Å². The van der Waals surface area contributed by atoms with E-state index in [9.17, 15) is 9.18 Å². The van der Waals surface area contributed by atoms with E-state index in [4.69, 9.17) is 4.74 Å². The molecule has 0 bridgehead atoms. The van der Waals surface area contributed by atoms with Crippen molar-refractivity contribution in [1.29, 1.82) is 0 Å². The minimum absolute atomic E-state index is 0.131. The minimum Gasteiger partial charge on any atom is -0.494 e. The monoisotopic (exact) mass is 261 g/mol. The van der Waals surface area contributed by atoms with Gasteiger partial charge in [0.15, 0.2) is 11.6 Å². The second-order valence-electron chi connectivity index (χ2n) is 2.65.